The summed E-state index contributed by atoms with van der Waals surface area (Å²) in [6, 6.07) is 16.5. The van der Waals surface area contributed by atoms with Gasteiger partial charge in [-0.15, -0.1) is 0 Å². The number of benzene rings is 2. The summed E-state index contributed by atoms with van der Waals surface area (Å²) < 4.78 is 5.68. The van der Waals surface area contributed by atoms with Crippen LogP contribution in [0.4, 0.5) is 5.69 Å². The topological polar surface area (TPSA) is 93.5 Å². The van der Waals surface area contributed by atoms with Crippen molar-refractivity contribution in [2.45, 2.75) is 6.92 Å². The van der Waals surface area contributed by atoms with E-state index in [0.717, 1.165) is 16.8 Å². The maximum Gasteiger partial charge on any atom is 0.309 e. The zero-order chi connectivity index (χ0) is 21.3. The van der Waals surface area contributed by atoms with Crippen molar-refractivity contribution >= 4 is 52.1 Å². The van der Waals surface area contributed by atoms with E-state index in [-0.39, 0.29) is 11.4 Å². The number of anilines is 1. The van der Waals surface area contributed by atoms with Crippen molar-refractivity contribution < 1.29 is 9.21 Å². The molecule has 4 aromatic rings. The molecule has 1 amide bonds. The number of furan rings is 1. The van der Waals surface area contributed by atoms with E-state index >= 15 is 0 Å². The monoisotopic (exact) mass is 438 g/mol. The minimum Gasteiger partial charge on any atom is -0.430 e. The molecule has 2 heterocycles. The molecule has 0 spiro atoms. The zero-order valence-electron chi connectivity index (χ0n) is 15.8. The van der Waals surface area contributed by atoms with Crippen molar-refractivity contribution in [3.63, 3.8) is 0 Å². The number of hydrazone groups is 1. The third-order valence-electron chi connectivity index (χ3n) is 4.50. The highest BCUT2D eigenvalue weighted by Crippen LogP contribution is 2.32. The molecule has 3 N–H and O–H groups in total. The Hall–Kier alpha value is -3.35. The molecule has 0 saturated heterocycles. The fourth-order valence-electron chi connectivity index (χ4n) is 3.05. The Morgan fingerprint density at radius 3 is 2.67 bits per heavy atom. The molecular formula is C22H16Cl2N4O2. The standard InChI is InChI=1S/C22H16Cl2N4O2/c1-12-9-17(13-5-3-2-4-6-13)27-22-18(12)19(25)20(30-22)21(29)28-26-11-14-7-8-15(23)10-16(14)24/h2-11H,25H2,1H3,(H,28,29)/b26-11+. The second kappa shape index (κ2) is 8.18. The predicted molar refractivity (Wildman–Crippen MR) is 120 cm³/mol. The van der Waals surface area contributed by atoms with E-state index in [1.165, 1.54) is 6.21 Å². The fourth-order valence-corrected chi connectivity index (χ4v) is 3.51. The number of hydrogen-bond acceptors (Lipinski definition) is 5. The molecule has 2 aromatic carbocycles. The predicted octanol–water partition coefficient (Wildman–Crippen LogP) is 5.46. The average molecular weight is 439 g/mol. The van der Waals surface area contributed by atoms with E-state index in [1.54, 1.807) is 18.2 Å². The molecule has 0 aliphatic carbocycles. The molecule has 2 aromatic heterocycles. The first kappa shape index (κ1) is 19.9. The number of pyridine rings is 1. The van der Waals surface area contributed by atoms with Crippen LogP contribution in [0, 0.1) is 6.92 Å². The first-order valence-corrected chi connectivity index (χ1v) is 9.73. The quantitative estimate of drug-likeness (QED) is 0.326. The number of hydrogen-bond donors (Lipinski definition) is 2. The molecule has 6 nitrogen and oxygen atoms in total. The maximum absolute atomic E-state index is 12.6. The molecule has 8 heteroatoms. The third-order valence-corrected chi connectivity index (χ3v) is 5.07. The van der Waals surface area contributed by atoms with Gasteiger partial charge in [0.25, 0.3) is 0 Å². The average Bonchev–Trinajstić information content (AvgIpc) is 3.07. The van der Waals surface area contributed by atoms with Crippen molar-refractivity contribution in [1.82, 2.24) is 10.4 Å². The summed E-state index contributed by atoms with van der Waals surface area (Å²) in [4.78, 5) is 17.1. The number of nitrogens with zero attached hydrogens (tertiary/aromatic N) is 2. The summed E-state index contributed by atoms with van der Waals surface area (Å²) in [5.41, 5.74) is 12.2. The molecule has 0 radical (unpaired) electrons. The van der Waals surface area contributed by atoms with E-state index in [9.17, 15) is 4.79 Å². The Kier molecular flexibility index (Phi) is 5.44. The highest BCUT2D eigenvalue weighted by Gasteiger charge is 2.21. The molecule has 0 bridgehead atoms. The number of carbonyl (C=O) groups is 1. The molecule has 30 heavy (non-hydrogen) atoms. The van der Waals surface area contributed by atoms with Crippen molar-refractivity contribution in [2.24, 2.45) is 5.10 Å². The van der Waals surface area contributed by atoms with Crippen LogP contribution in [0.3, 0.4) is 0 Å². The lowest BCUT2D eigenvalue weighted by molar-refractivity contribution is 0.0930. The Morgan fingerprint density at radius 2 is 1.93 bits per heavy atom. The van der Waals surface area contributed by atoms with Gasteiger partial charge in [0.1, 0.15) is 0 Å². The van der Waals surface area contributed by atoms with Crippen LogP contribution in [0.1, 0.15) is 21.7 Å². The Morgan fingerprint density at radius 1 is 1.17 bits per heavy atom. The van der Waals surface area contributed by atoms with Crippen molar-refractivity contribution in [3.8, 4) is 11.3 Å². The largest absolute Gasteiger partial charge is 0.430 e. The fraction of sp³-hybridized carbons (Fsp3) is 0.0455. The van der Waals surface area contributed by atoms with Gasteiger partial charge < -0.3 is 10.2 Å². The molecule has 0 atom stereocenters. The number of rotatable bonds is 4. The molecule has 0 aliphatic rings. The van der Waals surface area contributed by atoms with Crippen LogP contribution in [0.2, 0.25) is 10.0 Å². The summed E-state index contributed by atoms with van der Waals surface area (Å²) in [7, 11) is 0. The van der Waals surface area contributed by atoms with Crippen molar-refractivity contribution in [2.75, 3.05) is 5.73 Å². The van der Waals surface area contributed by atoms with E-state index in [1.807, 2.05) is 43.3 Å². The van der Waals surface area contributed by atoms with E-state index < -0.39 is 5.91 Å². The Labute approximate surface area is 182 Å². The van der Waals surface area contributed by atoms with Gasteiger partial charge in [-0.1, -0.05) is 59.6 Å². The zero-order valence-corrected chi connectivity index (χ0v) is 17.3. The second-order valence-corrected chi connectivity index (χ2v) is 7.42. The molecule has 4 rings (SSSR count). The molecule has 0 unspecified atom stereocenters. The summed E-state index contributed by atoms with van der Waals surface area (Å²) in [5.74, 6) is -0.641. The number of amides is 1. The van der Waals surface area contributed by atoms with Gasteiger partial charge in [0.15, 0.2) is 0 Å². The number of nitrogen functional groups attached to an aromatic ring is 1. The number of fused-ring (bicyclic) bond motifs is 1. The Balaban J connectivity index is 1.62. The number of halogens is 2. The van der Waals surface area contributed by atoms with Gasteiger partial charge in [-0.25, -0.2) is 10.4 Å². The van der Waals surface area contributed by atoms with Crippen LogP contribution >= 0.6 is 23.2 Å². The summed E-state index contributed by atoms with van der Waals surface area (Å²) in [5, 5.41) is 5.44. The van der Waals surface area contributed by atoms with Crippen LogP contribution in [-0.2, 0) is 0 Å². The van der Waals surface area contributed by atoms with Gasteiger partial charge in [0.2, 0.25) is 11.5 Å². The van der Waals surface area contributed by atoms with Crippen LogP contribution in [0.15, 0.2) is 64.1 Å². The van der Waals surface area contributed by atoms with Crippen LogP contribution in [-0.4, -0.2) is 17.1 Å². The number of aromatic nitrogens is 1. The van der Waals surface area contributed by atoms with Crippen LogP contribution in [0.25, 0.3) is 22.4 Å². The summed E-state index contributed by atoms with van der Waals surface area (Å²) >= 11 is 12.0. The van der Waals surface area contributed by atoms with E-state index in [2.05, 4.69) is 15.5 Å². The van der Waals surface area contributed by atoms with Crippen molar-refractivity contribution in [3.05, 3.63) is 81.5 Å². The molecular weight excluding hydrogens is 423 g/mol. The van der Waals surface area contributed by atoms with Gasteiger partial charge in [-0.05, 0) is 30.7 Å². The highest BCUT2D eigenvalue weighted by atomic mass is 35.5. The van der Waals surface area contributed by atoms with Crippen LogP contribution in [0.5, 0.6) is 0 Å². The smallest absolute Gasteiger partial charge is 0.309 e. The lowest BCUT2D eigenvalue weighted by atomic mass is 10.1. The lowest BCUT2D eigenvalue weighted by Crippen LogP contribution is -2.18. The minimum absolute atomic E-state index is 0.0508. The minimum atomic E-state index is -0.590. The molecule has 0 fully saturated rings. The first-order valence-electron chi connectivity index (χ1n) is 8.97. The van der Waals surface area contributed by atoms with Crippen molar-refractivity contribution in [1.29, 1.82) is 0 Å². The lowest BCUT2D eigenvalue weighted by Gasteiger charge is -2.03. The number of nitrogens with one attached hydrogen (secondary N) is 1. The van der Waals surface area contributed by atoms with Gasteiger partial charge in [0, 0.05) is 16.1 Å². The number of aryl methyl sites for hydroxylation is 1. The molecule has 0 saturated carbocycles. The van der Waals surface area contributed by atoms with Gasteiger partial charge in [0.05, 0.1) is 28.0 Å². The second-order valence-electron chi connectivity index (χ2n) is 6.58. The molecule has 150 valence electrons. The Bertz CT molecular complexity index is 1280. The van der Waals surface area contributed by atoms with E-state index in [4.69, 9.17) is 33.4 Å². The van der Waals surface area contributed by atoms with Gasteiger partial charge in [-0.2, -0.15) is 5.10 Å². The number of nitrogens with two attached hydrogens (primary N) is 1. The van der Waals surface area contributed by atoms with Gasteiger partial charge >= 0.3 is 5.91 Å². The summed E-state index contributed by atoms with van der Waals surface area (Å²) in [6.45, 7) is 1.89. The highest BCUT2D eigenvalue weighted by molar-refractivity contribution is 6.36. The molecule has 0 aliphatic heterocycles. The third kappa shape index (κ3) is 3.87. The van der Waals surface area contributed by atoms with Crippen LogP contribution < -0.4 is 11.2 Å². The maximum atomic E-state index is 12.6. The van der Waals surface area contributed by atoms with Gasteiger partial charge in [-0.3, -0.25) is 4.79 Å². The first-order chi connectivity index (χ1) is 14.4. The number of carbonyl (C=O) groups excluding carboxylic acids is 1. The normalized spacial score (nSPS) is 11.3. The van der Waals surface area contributed by atoms with E-state index in [0.29, 0.717) is 26.7 Å². The summed E-state index contributed by atoms with van der Waals surface area (Å²) in [6.07, 6.45) is 1.41. The SMILES string of the molecule is Cc1cc(-c2ccccc2)nc2oc(C(=O)N/N=C/c3ccc(Cl)cc3Cl)c(N)c12.